The monoisotopic (exact) mass is 281 g/mol. The van der Waals surface area contributed by atoms with Crippen LogP contribution < -0.4 is 5.73 Å². The van der Waals surface area contributed by atoms with Gasteiger partial charge in [0.05, 0.1) is 5.54 Å². The lowest BCUT2D eigenvalue weighted by Crippen LogP contribution is -2.33. The normalized spacial score (nSPS) is 14.9. The average Bonchev–Trinajstić information content (AvgIpc) is 2.71. The summed E-state index contributed by atoms with van der Waals surface area (Å²) in [5, 5.41) is 2.05. The minimum absolute atomic E-state index is 0.394. The SMILES string of the molecule is CC(N)(c1ccc(Br)cc1)c1cccs1. The Morgan fingerprint density at radius 3 is 2.40 bits per heavy atom. The van der Waals surface area contributed by atoms with Crippen molar-refractivity contribution in [1.82, 2.24) is 0 Å². The smallest absolute Gasteiger partial charge is 0.0730 e. The quantitative estimate of drug-likeness (QED) is 0.892. The fraction of sp³-hybridized carbons (Fsp3) is 0.167. The van der Waals surface area contributed by atoms with E-state index in [4.69, 9.17) is 5.73 Å². The molecule has 2 aromatic rings. The van der Waals surface area contributed by atoms with Crippen molar-refractivity contribution in [2.75, 3.05) is 0 Å². The molecule has 0 spiro atoms. The molecule has 1 aromatic carbocycles. The zero-order valence-corrected chi connectivity index (χ0v) is 10.8. The number of thiophene rings is 1. The summed E-state index contributed by atoms with van der Waals surface area (Å²) in [6.07, 6.45) is 0. The first kappa shape index (κ1) is 10.9. The van der Waals surface area contributed by atoms with Gasteiger partial charge in [-0.15, -0.1) is 11.3 Å². The molecular weight excluding hydrogens is 270 g/mol. The maximum absolute atomic E-state index is 6.35. The number of nitrogens with two attached hydrogens (primary N) is 1. The third-order valence-electron chi connectivity index (χ3n) is 2.48. The number of hydrogen-bond donors (Lipinski definition) is 1. The molecule has 1 nitrogen and oxygen atoms in total. The minimum Gasteiger partial charge on any atom is -0.317 e. The van der Waals surface area contributed by atoms with Crippen molar-refractivity contribution in [2.24, 2.45) is 5.73 Å². The van der Waals surface area contributed by atoms with Crippen molar-refractivity contribution < 1.29 is 0 Å². The van der Waals surface area contributed by atoms with Gasteiger partial charge in [0.1, 0.15) is 0 Å². The van der Waals surface area contributed by atoms with Gasteiger partial charge in [-0.2, -0.15) is 0 Å². The van der Waals surface area contributed by atoms with Gasteiger partial charge in [-0.3, -0.25) is 0 Å². The predicted molar refractivity (Wildman–Crippen MR) is 69.1 cm³/mol. The molecule has 0 aliphatic rings. The summed E-state index contributed by atoms with van der Waals surface area (Å²) in [5.74, 6) is 0. The topological polar surface area (TPSA) is 26.0 Å². The molecular formula is C12H12BrNS. The van der Waals surface area contributed by atoms with Crippen LogP contribution in [0.1, 0.15) is 17.4 Å². The van der Waals surface area contributed by atoms with E-state index in [1.54, 1.807) is 11.3 Å². The zero-order valence-electron chi connectivity index (χ0n) is 8.41. The first-order valence-corrected chi connectivity index (χ1v) is 6.37. The molecule has 15 heavy (non-hydrogen) atoms. The Labute approximate surface area is 102 Å². The molecule has 0 saturated carbocycles. The first-order valence-electron chi connectivity index (χ1n) is 4.69. The molecule has 78 valence electrons. The Kier molecular flexibility index (Phi) is 2.96. The molecule has 2 rings (SSSR count). The van der Waals surface area contributed by atoms with Gasteiger partial charge >= 0.3 is 0 Å². The summed E-state index contributed by atoms with van der Waals surface area (Å²) >= 11 is 5.11. The highest BCUT2D eigenvalue weighted by Gasteiger charge is 2.24. The van der Waals surface area contributed by atoms with E-state index in [-0.39, 0.29) is 0 Å². The van der Waals surface area contributed by atoms with Gasteiger partial charge in [-0.25, -0.2) is 0 Å². The van der Waals surface area contributed by atoms with E-state index >= 15 is 0 Å². The van der Waals surface area contributed by atoms with Crippen molar-refractivity contribution in [3.63, 3.8) is 0 Å². The highest BCUT2D eigenvalue weighted by atomic mass is 79.9. The summed E-state index contributed by atoms with van der Waals surface area (Å²) in [7, 11) is 0. The Morgan fingerprint density at radius 2 is 1.87 bits per heavy atom. The molecule has 3 heteroatoms. The summed E-state index contributed by atoms with van der Waals surface area (Å²) < 4.78 is 1.08. The van der Waals surface area contributed by atoms with Crippen LogP contribution in [0.2, 0.25) is 0 Å². The standard InChI is InChI=1S/C12H12BrNS/c1-12(14,11-3-2-8-15-11)9-4-6-10(13)7-5-9/h2-8H,14H2,1H3. The highest BCUT2D eigenvalue weighted by molar-refractivity contribution is 9.10. The largest absolute Gasteiger partial charge is 0.317 e. The predicted octanol–water partition coefficient (Wildman–Crippen LogP) is 3.73. The lowest BCUT2D eigenvalue weighted by Gasteiger charge is -2.23. The number of halogens is 1. The molecule has 0 radical (unpaired) electrons. The second kappa shape index (κ2) is 4.08. The molecule has 0 saturated heterocycles. The van der Waals surface area contributed by atoms with Crippen molar-refractivity contribution in [1.29, 1.82) is 0 Å². The van der Waals surface area contributed by atoms with Crippen LogP contribution in [0, 0.1) is 0 Å². The molecule has 0 fully saturated rings. The van der Waals surface area contributed by atoms with Crippen molar-refractivity contribution in [3.05, 3.63) is 56.7 Å². The summed E-state index contributed by atoms with van der Waals surface area (Å²) in [5.41, 5.74) is 7.09. The summed E-state index contributed by atoms with van der Waals surface area (Å²) in [6, 6.07) is 12.3. The minimum atomic E-state index is -0.394. The Balaban J connectivity index is 2.41. The van der Waals surface area contributed by atoms with Crippen LogP contribution >= 0.6 is 27.3 Å². The maximum Gasteiger partial charge on any atom is 0.0730 e. The molecule has 1 atom stereocenters. The van der Waals surface area contributed by atoms with Crippen LogP contribution in [0.3, 0.4) is 0 Å². The molecule has 0 bridgehead atoms. The second-order valence-electron chi connectivity index (χ2n) is 3.69. The molecule has 1 heterocycles. The maximum atomic E-state index is 6.35. The van der Waals surface area contributed by atoms with Crippen LogP contribution in [0.15, 0.2) is 46.3 Å². The fourth-order valence-corrected chi connectivity index (χ4v) is 2.60. The number of rotatable bonds is 2. The van der Waals surface area contributed by atoms with Crippen LogP contribution in [0.25, 0.3) is 0 Å². The van der Waals surface area contributed by atoms with Crippen LogP contribution in [-0.2, 0) is 5.54 Å². The van der Waals surface area contributed by atoms with Gasteiger partial charge < -0.3 is 5.73 Å². The lowest BCUT2D eigenvalue weighted by molar-refractivity contribution is 0.616. The third kappa shape index (κ3) is 2.14. The van der Waals surface area contributed by atoms with Crippen LogP contribution in [0.5, 0.6) is 0 Å². The number of benzene rings is 1. The second-order valence-corrected chi connectivity index (χ2v) is 5.55. The molecule has 0 aliphatic carbocycles. The van der Waals surface area contributed by atoms with Gasteiger partial charge in [-0.1, -0.05) is 34.1 Å². The van der Waals surface area contributed by atoms with E-state index in [1.165, 1.54) is 4.88 Å². The number of hydrogen-bond acceptors (Lipinski definition) is 2. The van der Waals surface area contributed by atoms with E-state index in [0.717, 1.165) is 10.0 Å². The lowest BCUT2D eigenvalue weighted by atomic mass is 9.92. The van der Waals surface area contributed by atoms with E-state index in [1.807, 2.05) is 25.1 Å². The van der Waals surface area contributed by atoms with Crippen molar-refractivity contribution >= 4 is 27.3 Å². The first-order chi connectivity index (χ1) is 7.10. The Hall–Kier alpha value is -0.640. The highest BCUT2D eigenvalue weighted by Crippen LogP contribution is 2.30. The van der Waals surface area contributed by atoms with Crippen LogP contribution in [-0.4, -0.2) is 0 Å². The van der Waals surface area contributed by atoms with E-state index in [9.17, 15) is 0 Å². The summed E-state index contributed by atoms with van der Waals surface area (Å²) in [6.45, 7) is 2.04. The van der Waals surface area contributed by atoms with E-state index < -0.39 is 5.54 Å². The van der Waals surface area contributed by atoms with Gasteiger partial charge in [0, 0.05) is 9.35 Å². The van der Waals surface area contributed by atoms with Gasteiger partial charge in [-0.05, 0) is 36.1 Å². The van der Waals surface area contributed by atoms with E-state index in [2.05, 4.69) is 39.5 Å². The van der Waals surface area contributed by atoms with Gasteiger partial charge in [0.25, 0.3) is 0 Å². The molecule has 2 N–H and O–H groups in total. The third-order valence-corrected chi connectivity index (χ3v) is 4.11. The Morgan fingerprint density at radius 1 is 1.20 bits per heavy atom. The van der Waals surface area contributed by atoms with Crippen molar-refractivity contribution in [3.8, 4) is 0 Å². The van der Waals surface area contributed by atoms with Gasteiger partial charge in [0.15, 0.2) is 0 Å². The Bertz CT molecular complexity index is 431. The average molecular weight is 282 g/mol. The van der Waals surface area contributed by atoms with Crippen LogP contribution in [0.4, 0.5) is 0 Å². The molecule has 0 amide bonds. The van der Waals surface area contributed by atoms with Crippen molar-refractivity contribution in [2.45, 2.75) is 12.5 Å². The molecule has 0 aliphatic heterocycles. The molecule has 1 unspecified atom stereocenters. The van der Waals surface area contributed by atoms with E-state index in [0.29, 0.717) is 0 Å². The fourth-order valence-electron chi connectivity index (χ4n) is 1.51. The summed E-state index contributed by atoms with van der Waals surface area (Å²) in [4.78, 5) is 1.19. The molecule has 1 aromatic heterocycles. The zero-order chi connectivity index (χ0) is 10.9. The van der Waals surface area contributed by atoms with Gasteiger partial charge in [0.2, 0.25) is 0 Å².